The minimum atomic E-state index is -0.320. The second-order valence-electron chi connectivity index (χ2n) is 20.6. The SMILES string of the molecule is CC1=C[C@H]2Cc3[nH]c(=O)ccc3[C@]3(C1)[C@@H]2CCCN3C(=O)CCN(C)CCCCCCCCCCCCN(C)CCC(=O)N1CCC[C@@H]2[C@H]3C=C(C)C[C@@]21c1ccc(=O)[nH]c1C3. The molecule has 2 fully saturated rings. The number of rotatable bonds is 19. The highest BCUT2D eigenvalue weighted by Crippen LogP contribution is 2.58. The maximum Gasteiger partial charge on any atom is 0.248 e. The van der Waals surface area contributed by atoms with Gasteiger partial charge in [-0.15, -0.1) is 0 Å². The number of fused-ring (bicyclic) bond motifs is 2. The molecule has 10 heteroatoms. The van der Waals surface area contributed by atoms with Gasteiger partial charge in [0.2, 0.25) is 22.9 Å². The summed E-state index contributed by atoms with van der Waals surface area (Å²) in [6.45, 7) is 9.70. The molecule has 2 aromatic rings. The highest BCUT2D eigenvalue weighted by Gasteiger charge is 2.58. The van der Waals surface area contributed by atoms with Gasteiger partial charge < -0.3 is 29.6 Å². The summed E-state index contributed by atoms with van der Waals surface area (Å²) >= 11 is 0. The largest absolute Gasteiger partial charge is 0.332 e. The summed E-state index contributed by atoms with van der Waals surface area (Å²) in [6, 6.07) is 7.37. The van der Waals surface area contributed by atoms with Crippen molar-refractivity contribution >= 4 is 11.8 Å². The standard InChI is InChI=1S/C52H76N6O4/c1-37-31-39-33-45-43(19-21-47(59)53-45)51(35-37)41(39)17-15-27-57(51)49(61)23-29-55(3)25-13-11-9-7-5-6-8-10-12-14-26-56(4)30-24-50(62)58-28-16-18-42-40-32-38(2)36-52(42,58)44-20-22-48(60)54-46(44)34-40/h19-22,31-32,39-42H,5-18,23-30,33-36H2,1-4H3,(H,53,59)(H,54,60)/t39-,40-,41+,42+,51-,52-/m0/s1. The molecule has 6 aliphatic rings. The molecule has 2 aromatic heterocycles. The highest BCUT2D eigenvalue weighted by atomic mass is 16.2. The molecule has 0 unspecified atom stereocenters. The highest BCUT2D eigenvalue weighted by molar-refractivity contribution is 5.79. The van der Waals surface area contributed by atoms with Crippen molar-refractivity contribution in [3.63, 3.8) is 0 Å². The number of nitrogens with one attached hydrogen (secondary N) is 2. The van der Waals surface area contributed by atoms with Crippen molar-refractivity contribution in [1.29, 1.82) is 0 Å². The number of amides is 2. The van der Waals surface area contributed by atoms with Crippen molar-refractivity contribution < 1.29 is 9.59 Å². The van der Waals surface area contributed by atoms with Gasteiger partial charge in [-0.1, -0.05) is 74.7 Å². The Morgan fingerprint density at radius 3 is 1.39 bits per heavy atom. The summed E-state index contributed by atoms with van der Waals surface area (Å²) in [7, 11) is 4.33. The number of pyridine rings is 2. The molecular formula is C52H76N6O4. The fraction of sp³-hybridized carbons (Fsp3) is 0.692. The van der Waals surface area contributed by atoms with E-state index in [2.05, 4.69) is 69.7 Å². The Kier molecular flexibility index (Phi) is 14.1. The van der Waals surface area contributed by atoms with Crippen molar-refractivity contribution in [3.8, 4) is 0 Å². The van der Waals surface area contributed by atoms with Crippen LogP contribution in [0.4, 0.5) is 0 Å². The smallest absolute Gasteiger partial charge is 0.248 e. The summed E-state index contributed by atoms with van der Waals surface area (Å²) in [4.78, 5) is 68.0. The number of likely N-dealkylation sites (tertiary alicyclic amines) is 2. The van der Waals surface area contributed by atoms with Crippen LogP contribution in [0, 0.1) is 23.7 Å². The molecule has 2 N–H and O–H groups in total. The lowest BCUT2D eigenvalue weighted by atomic mass is 9.56. The zero-order valence-corrected chi connectivity index (χ0v) is 38.6. The molecule has 0 spiro atoms. The summed E-state index contributed by atoms with van der Waals surface area (Å²) in [5.41, 5.74) is 6.46. The number of hydrogen-bond acceptors (Lipinski definition) is 6. The third kappa shape index (κ3) is 9.11. The van der Waals surface area contributed by atoms with Crippen LogP contribution in [0.15, 0.2) is 57.2 Å². The van der Waals surface area contributed by atoms with E-state index in [0.29, 0.717) is 36.5 Å². The molecule has 2 aliphatic heterocycles. The molecule has 8 rings (SSSR count). The number of aromatic amines is 2. The van der Waals surface area contributed by atoms with E-state index in [1.165, 1.54) is 86.5 Å². The second-order valence-corrected chi connectivity index (χ2v) is 20.6. The van der Waals surface area contributed by atoms with Gasteiger partial charge in [0, 0.05) is 62.5 Å². The van der Waals surface area contributed by atoms with Gasteiger partial charge in [0.25, 0.3) is 0 Å². The van der Waals surface area contributed by atoms with Gasteiger partial charge in [0.05, 0.1) is 11.1 Å². The van der Waals surface area contributed by atoms with Gasteiger partial charge in [-0.25, -0.2) is 0 Å². The van der Waals surface area contributed by atoms with Crippen LogP contribution in [0.2, 0.25) is 0 Å². The summed E-state index contributed by atoms with van der Waals surface area (Å²) < 4.78 is 0. The fourth-order valence-electron chi connectivity index (χ4n) is 13.6. The van der Waals surface area contributed by atoms with E-state index in [1.54, 1.807) is 12.1 Å². The number of carbonyl (C=O) groups excluding carboxylic acids is 2. The molecular weight excluding hydrogens is 773 g/mol. The number of nitrogens with zero attached hydrogens (tertiary/aromatic N) is 4. The Labute approximate surface area is 371 Å². The van der Waals surface area contributed by atoms with Gasteiger partial charge in [-0.3, -0.25) is 19.2 Å². The maximum atomic E-state index is 14.0. The molecule has 10 nitrogen and oxygen atoms in total. The Hall–Kier alpha value is -3.76. The number of carbonyl (C=O) groups is 2. The molecule has 0 saturated carbocycles. The van der Waals surface area contributed by atoms with Crippen LogP contribution in [0.25, 0.3) is 0 Å². The van der Waals surface area contributed by atoms with E-state index in [0.717, 1.165) is 102 Å². The molecule has 4 aliphatic carbocycles. The van der Waals surface area contributed by atoms with E-state index in [1.807, 2.05) is 12.1 Å². The molecule has 2 amide bonds. The van der Waals surface area contributed by atoms with E-state index in [-0.39, 0.29) is 34.0 Å². The first-order valence-corrected chi connectivity index (χ1v) is 24.8. The normalized spacial score (nSPS) is 27.3. The predicted octanol–water partition coefficient (Wildman–Crippen LogP) is 8.22. The molecule has 0 aromatic carbocycles. The zero-order valence-electron chi connectivity index (χ0n) is 38.6. The first-order chi connectivity index (χ1) is 30.0. The lowest BCUT2D eigenvalue weighted by Gasteiger charge is -2.59. The van der Waals surface area contributed by atoms with Crippen LogP contribution in [0.5, 0.6) is 0 Å². The van der Waals surface area contributed by atoms with Gasteiger partial charge in [0.15, 0.2) is 0 Å². The third-order valence-corrected chi connectivity index (χ3v) is 16.3. The molecule has 2 saturated heterocycles. The van der Waals surface area contributed by atoms with E-state index < -0.39 is 0 Å². The number of piperidine rings is 2. The van der Waals surface area contributed by atoms with Crippen molar-refractivity contribution in [2.24, 2.45) is 23.7 Å². The quantitative estimate of drug-likeness (QED) is 0.109. The van der Waals surface area contributed by atoms with Gasteiger partial charge >= 0.3 is 0 Å². The Morgan fingerprint density at radius 2 is 0.984 bits per heavy atom. The van der Waals surface area contributed by atoms with Crippen LogP contribution in [-0.2, 0) is 33.5 Å². The van der Waals surface area contributed by atoms with E-state index in [9.17, 15) is 19.2 Å². The van der Waals surface area contributed by atoms with Gasteiger partial charge in [-0.05, 0) is 152 Å². The average molecular weight is 849 g/mol. The maximum absolute atomic E-state index is 14.0. The molecule has 6 atom stereocenters. The first kappa shape index (κ1) is 44.8. The van der Waals surface area contributed by atoms with E-state index >= 15 is 0 Å². The fourth-order valence-corrected chi connectivity index (χ4v) is 13.6. The lowest BCUT2D eigenvalue weighted by molar-refractivity contribution is -0.149. The monoisotopic (exact) mass is 849 g/mol. The number of hydrogen-bond donors (Lipinski definition) is 2. The van der Waals surface area contributed by atoms with E-state index in [4.69, 9.17) is 0 Å². The Morgan fingerprint density at radius 1 is 0.597 bits per heavy atom. The first-order valence-electron chi connectivity index (χ1n) is 24.8. The molecule has 338 valence electrons. The number of H-pyrrole nitrogens is 2. The number of unbranched alkanes of at least 4 members (excludes halogenated alkanes) is 9. The van der Waals surface area contributed by atoms with Crippen LogP contribution in [-0.4, -0.2) is 94.7 Å². The van der Waals surface area contributed by atoms with Crippen molar-refractivity contribution in [2.45, 2.75) is 153 Å². The molecule has 0 radical (unpaired) electrons. The second kappa shape index (κ2) is 19.5. The van der Waals surface area contributed by atoms with Gasteiger partial charge in [0.1, 0.15) is 0 Å². The predicted molar refractivity (Wildman–Crippen MR) is 248 cm³/mol. The summed E-state index contributed by atoms with van der Waals surface area (Å²) in [5, 5.41) is 0. The average Bonchev–Trinajstić information content (AvgIpc) is 3.23. The van der Waals surface area contributed by atoms with Crippen LogP contribution in [0.1, 0.15) is 152 Å². The minimum Gasteiger partial charge on any atom is -0.332 e. The Balaban J connectivity index is 0.673. The third-order valence-electron chi connectivity index (χ3n) is 16.3. The lowest BCUT2D eigenvalue weighted by Crippen LogP contribution is -2.62. The molecule has 4 heterocycles. The summed E-state index contributed by atoms with van der Waals surface area (Å²) in [5.74, 6) is 2.15. The topological polar surface area (TPSA) is 113 Å². The minimum absolute atomic E-state index is 0.0450. The summed E-state index contributed by atoms with van der Waals surface area (Å²) in [6.07, 6.45) is 26.5. The van der Waals surface area contributed by atoms with Crippen LogP contribution >= 0.6 is 0 Å². The molecule has 62 heavy (non-hydrogen) atoms. The Bertz CT molecular complexity index is 1960. The van der Waals surface area contributed by atoms with Crippen LogP contribution < -0.4 is 11.1 Å². The van der Waals surface area contributed by atoms with Gasteiger partial charge in [-0.2, -0.15) is 0 Å². The van der Waals surface area contributed by atoms with Crippen molar-refractivity contribution in [2.75, 3.05) is 53.4 Å². The van der Waals surface area contributed by atoms with Crippen molar-refractivity contribution in [1.82, 2.24) is 29.6 Å². The number of allylic oxidation sites excluding steroid dienone is 2. The molecule has 4 bridgehead atoms. The zero-order chi connectivity index (χ0) is 43.4. The van der Waals surface area contributed by atoms with Crippen molar-refractivity contribution in [3.05, 3.63) is 90.8 Å². The number of aromatic nitrogens is 2. The van der Waals surface area contributed by atoms with Crippen LogP contribution in [0.3, 0.4) is 0 Å².